The monoisotopic (exact) mass is 345 g/mol. The molecular formula is C20H19N5O. The first-order chi connectivity index (χ1) is 12.9. The number of hydrogen-bond donors (Lipinski definition) is 0. The average Bonchev–Trinajstić information content (AvgIpc) is 3.36. The number of rotatable bonds is 3. The van der Waals surface area contributed by atoms with Crippen molar-refractivity contribution in [1.29, 1.82) is 0 Å². The number of fused-ring (bicyclic) bond motifs is 1. The van der Waals surface area contributed by atoms with E-state index < -0.39 is 0 Å². The van der Waals surface area contributed by atoms with Crippen LogP contribution in [0.1, 0.15) is 31.2 Å². The molecule has 1 atom stereocenters. The van der Waals surface area contributed by atoms with Gasteiger partial charge in [0.2, 0.25) is 0 Å². The van der Waals surface area contributed by atoms with Gasteiger partial charge in [-0.3, -0.25) is 15.0 Å². The highest BCUT2D eigenvalue weighted by atomic mass is 16.5. The molecule has 0 aromatic carbocycles. The van der Waals surface area contributed by atoms with E-state index in [-0.39, 0.29) is 6.23 Å². The first kappa shape index (κ1) is 15.4. The molecular weight excluding hydrogens is 326 g/mol. The lowest BCUT2D eigenvalue weighted by Crippen LogP contribution is -2.19. The molecule has 0 bridgehead atoms. The molecule has 6 heteroatoms. The number of nitrogens with zero attached hydrogens (tertiary/aromatic N) is 5. The lowest BCUT2D eigenvalue weighted by atomic mass is 10.1. The Morgan fingerprint density at radius 2 is 2.19 bits per heavy atom. The summed E-state index contributed by atoms with van der Waals surface area (Å²) in [5.74, 6) is 0. The van der Waals surface area contributed by atoms with Crippen LogP contribution in [-0.4, -0.2) is 38.6 Å². The molecule has 1 fully saturated rings. The Morgan fingerprint density at radius 1 is 1.19 bits per heavy atom. The zero-order valence-corrected chi connectivity index (χ0v) is 14.4. The highest BCUT2D eigenvalue weighted by Crippen LogP contribution is 2.30. The Labute approximate surface area is 151 Å². The molecule has 0 amide bonds. The normalized spacial score (nSPS) is 19.8. The van der Waals surface area contributed by atoms with E-state index in [9.17, 15) is 0 Å². The zero-order valence-electron chi connectivity index (χ0n) is 14.4. The third-order valence-electron chi connectivity index (χ3n) is 4.86. The van der Waals surface area contributed by atoms with Crippen LogP contribution >= 0.6 is 0 Å². The van der Waals surface area contributed by atoms with Crippen LogP contribution < -0.4 is 0 Å². The van der Waals surface area contributed by atoms with E-state index in [4.69, 9.17) is 9.84 Å². The highest BCUT2D eigenvalue weighted by molar-refractivity contribution is 6.15. The molecule has 5 heterocycles. The highest BCUT2D eigenvalue weighted by Gasteiger charge is 2.23. The second-order valence-corrected chi connectivity index (χ2v) is 6.57. The lowest BCUT2D eigenvalue weighted by Gasteiger charge is -2.23. The molecule has 3 aromatic heterocycles. The largest absolute Gasteiger partial charge is 0.356 e. The second-order valence-electron chi connectivity index (χ2n) is 6.57. The fourth-order valence-corrected chi connectivity index (χ4v) is 3.56. The maximum atomic E-state index is 5.97. The zero-order chi connectivity index (χ0) is 17.3. The minimum Gasteiger partial charge on any atom is -0.356 e. The van der Waals surface area contributed by atoms with E-state index in [0.717, 1.165) is 59.4 Å². The molecule has 26 heavy (non-hydrogen) atoms. The van der Waals surface area contributed by atoms with Crippen molar-refractivity contribution in [2.75, 3.05) is 13.2 Å². The van der Waals surface area contributed by atoms with Crippen molar-refractivity contribution >= 4 is 16.6 Å². The van der Waals surface area contributed by atoms with Crippen molar-refractivity contribution in [3.8, 4) is 11.3 Å². The minimum absolute atomic E-state index is 0.0305. The number of aliphatic imine (C=N–C) groups is 1. The molecule has 0 spiro atoms. The van der Waals surface area contributed by atoms with Crippen molar-refractivity contribution in [3.05, 3.63) is 54.6 Å². The summed E-state index contributed by atoms with van der Waals surface area (Å²) in [5, 5.41) is 5.94. The van der Waals surface area contributed by atoms with Crippen LogP contribution in [0.3, 0.4) is 0 Å². The van der Waals surface area contributed by atoms with Gasteiger partial charge in [0.15, 0.2) is 6.23 Å². The van der Waals surface area contributed by atoms with Crippen molar-refractivity contribution in [2.24, 2.45) is 4.99 Å². The number of aromatic nitrogens is 4. The fraction of sp³-hybridized carbons (Fsp3) is 0.300. The summed E-state index contributed by atoms with van der Waals surface area (Å²) >= 11 is 0. The SMILES string of the molecule is C1=CC(c2nn(C3CCCCO3)c3cnc(-c4cccnc4)cc23)=NC1. The summed E-state index contributed by atoms with van der Waals surface area (Å²) in [6.07, 6.45) is 12.8. The van der Waals surface area contributed by atoms with Gasteiger partial charge in [-0.1, -0.05) is 6.08 Å². The third kappa shape index (κ3) is 2.63. The van der Waals surface area contributed by atoms with E-state index in [1.54, 1.807) is 6.20 Å². The Bertz CT molecular complexity index is 1000. The first-order valence-electron chi connectivity index (χ1n) is 9.02. The van der Waals surface area contributed by atoms with Crippen LogP contribution in [-0.2, 0) is 4.74 Å². The standard InChI is InChI=1S/C20H19N5O/c1-2-10-26-19(7-1)25-18-13-23-17(14-5-3-8-21-12-14)11-15(18)20(24-25)16-6-4-9-22-16/h3-6,8,11-13,19H,1-2,7,9-10H2. The summed E-state index contributed by atoms with van der Waals surface area (Å²) in [5.41, 5.74) is 4.69. The average molecular weight is 345 g/mol. The van der Waals surface area contributed by atoms with Gasteiger partial charge in [0.1, 0.15) is 5.69 Å². The van der Waals surface area contributed by atoms with Crippen molar-refractivity contribution in [1.82, 2.24) is 19.7 Å². The summed E-state index contributed by atoms with van der Waals surface area (Å²) < 4.78 is 7.95. The molecule has 0 N–H and O–H groups in total. The first-order valence-corrected chi connectivity index (χ1v) is 9.02. The number of allylic oxidation sites excluding steroid dienone is 1. The van der Waals surface area contributed by atoms with Crippen LogP contribution in [0.15, 0.2) is 53.9 Å². The Morgan fingerprint density at radius 3 is 2.96 bits per heavy atom. The molecule has 130 valence electrons. The number of ether oxygens (including phenoxy) is 1. The Hall–Kier alpha value is -2.86. The van der Waals surface area contributed by atoms with E-state index in [0.29, 0.717) is 6.54 Å². The maximum Gasteiger partial charge on any atom is 0.150 e. The summed E-state index contributed by atoms with van der Waals surface area (Å²) in [6, 6.07) is 6.02. The maximum absolute atomic E-state index is 5.97. The van der Waals surface area contributed by atoms with Crippen LogP contribution in [0.4, 0.5) is 0 Å². The van der Waals surface area contributed by atoms with Crippen LogP contribution in [0.5, 0.6) is 0 Å². The summed E-state index contributed by atoms with van der Waals surface area (Å²) in [4.78, 5) is 13.4. The fourth-order valence-electron chi connectivity index (χ4n) is 3.56. The van der Waals surface area contributed by atoms with Gasteiger partial charge in [0.05, 0.1) is 29.7 Å². The Balaban J connectivity index is 1.68. The van der Waals surface area contributed by atoms with E-state index >= 15 is 0 Å². The lowest BCUT2D eigenvalue weighted by molar-refractivity contribution is -0.0367. The molecule has 6 nitrogen and oxygen atoms in total. The van der Waals surface area contributed by atoms with Crippen LogP contribution in [0.25, 0.3) is 22.2 Å². The van der Waals surface area contributed by atoms with E-state index in [1.165, 1.54) is 0 Å². The molecule has 1 saturated heterocycles. The van der Waals surface area contributed by atoms with Crippen molar-refractivity contribution < 1.29 is 4.74 Å². The van der Waals surface area contributed by atoms with Crippen molar-refractivity contribution in [2.45, 2.75) is 25.5 Å². The van der Waals surface area contributed by atoms with E-state index in [2.05, 4.69) is 27.1 Å². The van der Waals surface area contributed by atoms with Crippen LogP contribution in [0.2, 0.25) is 0 Å². The quantitative estimate of drug-likeness (QED) is 0.728. The summed E-state index contributed by atoms with van der Waals surface area (Å²) in [7, 11) is 0. The second kappa shape index (κ2) is 6.46. The molecule has 3 aromatic rings. The molecule has 2 aliphatic rings. The predicted molar refractivity (Wildman–Crippen MR) is 100 cm³/mol. The molecule has 0 radical (unpaired) electrons. The molecule has 0 aliphatic carbocycles. The molecule has 1 unspecified atom stereocenters. The minimum atomic E-state index is -0.0305. The topological polar surface area (TPSA) is 65.2 Å². The number of hydrogen-bond acceptors (Lipinski definition) is 5. The smallest absolute Gasteiger partial charge is 0.150 e. The molecule has 5 rings (SSSR count). The van der Waals surface area contributed by atoms with Gasteiger partial charge in [0, 0.05) is 30.0 Å². The van der Waals surface area contributed by atoms with Crippen molar-refractivity contribution in [3.63, 3.8) is 0 Å². The van der Waals surface area contributed by atoms with E-state index in [1.807, 2.05) is 35.3 Å². The van der Waals surface area contributed by atoms with Gasteiger partial charge < -0.3 is 4.74 Å². The van der Waals surface area contributed by atoms with Gasteiger partial charge in [0.25, 0.3) is 0 Å². The number of pyridine rings is 2. The van der Waals surface area contributed by atoms with Gasteiger partial charge in [-0.05, 0) is 43.5 Å². The van der Waals surface area contributed by atoms with Gasteiger partial charge in [-0.15, -0.1) is 0 Å². The van der Waals surface area contributed by atoms with Gasteiger partial charge in [-0.25, -0.2) is 4.68 Å². The predicted octanol–water partition coefficient (Wildman–Crippen LogP) is 3.55. The van der Waals surface area contributed by atoms with Gasteiger partial charge in [-0.2, -0.15) is 5.10 Å². The van der Waals surface area contributed by atoms with Crippen LogP contribution in [0, 0.1) is 0 Å². The Kier molecular flexibility index (Phi) is 3.83. The third-order valence-corrected chi connectivity index (χ3v) is 4.86. The van der Waals surface area contributed by atoms with Gasteiger partial charge >= 0.3 is 0 Å². The molecule has 0 saturated carbocycles. The summed E-state index contributed by atoms with van der Waals surface area (Å²) in [6.45, 7) is 1.49. The molecule has 2 aliphatic heterocycles.